The summed E-state index contributed by atoms with van der Waals surface area (Å²) in [6.07, 6.45) is 6.46. The van der Waals surface area contributed by atoms with Gasteiger partial charge in [-0.3, -0.25) is 9.78 Å². The molecule has 1 aliphatic rings. The molecule has 90 valence electrons. The molecule has 1 N–H and O–H groups in total. The van der Waals surface area contributed by atoms with E-state index in [4.69, 9.17) is 12.2 Å². The second-order valence-electron chi connectivity index (χ2n) is 4.53. The van der Waals surface area contributed by atoms with E-state index in [1.54, 1.807) is 9.56 Å². The number of aromatic nitrogens is 3. The van der Waals surface area contributed by atoms with Gasteiger partial charge in [-0.2, -0.15) is 4.98 Å². The van der Waals surface area contributed by atoms with E-state index < -0.39 is 0 Å². The van der Waals surface area contributed by atoms with Crippen LogP contribution in [-0.2, 0) is 19.9 Å². The summed E-state index contributed by atoms with van der Waals surface area (Å²) in [7, 11) is 1.90. The van der Waals surface area contributed by atoms with Gasteiger partial charge >= 0.3 is 0 Å². The molecular weight excluding hydrogens is 250 g/mol. The minimum atomic E-state index is 0.614. The van der Waals surface area contributed by atoms with Crippen LogP contribution in [0.1, 0.15) is 29.7 Å². The van der Waals surface area contributed by atoms with E-state index in [0.717, 1.165) is 5.82 Å². The van der Waals surface area contributed by atoms with Gasteiger partial charge in [-0.05, 0) is 49.5 Å². The Hall–Kier alpha value is -0.940. The third kappa shape index (κ3) is 2.09. The van der Waals surface area contributed by atoms with Gasteiger partial charge in [-0.15, -0.1) is 11.3 Å². The molecule has 0 aliphatic heterocycles. The highest BCUT2D eigenvalue weighted by molar-refractivity contribution is 7.71. The minimum absolute atomic E-state index is 0.614. The highest BCUT2D eigenvalue weighted by atomic mass is 32.1. The summed E-state index contributed by atoms with van der Waals surface area (Å²) >= 11 is 7.00. The van der Waals surface area contributed by atoms with Crippen LogP contribution in [0.2, 0.25) is 0 Å². The van der Waals surface area contributed by atoms with Crippen LogP contribution in [0.4, 0.5) is 0 Å². The number of nitrogens with one attached hydrogen (secondary N) is 1. The lowest BCUT2D eigenvalue weighted by Crippen LogP contribution is -1.88. The second-order valence-corrected chi connectivity index (χ2v) is 6.04. The first-order valence-corrected chi connectivity index (χ1v) is 7.21. The van der Waals surface area contributed by atoms with Crippen molar-refractivity contribution in [1.82, 2.24) is 14.8 Å². The largest absolute Gasteiger partial charge is 0.279 e. The Morgan fingerprint density at radius 1 is 1.35 bits per heavy atom. The zero-order chi connectivity index (χ0) is 11.8. The van der Waals surface area contributed by atoms with Gasteiger partial charge in [-0.25, -0.2) is 0 Å². The first kappa shape index (κ1) is 11.2. The normalized spacial score (nSPS) is 15.6. The molecule has 0 aromatic carbocycles. The lowest BCUT2D eigenvalue weighted by atomic mass is 10.1. The van der Waals surface area contributed by atoms with Gasteiger partial charge in [0.25, 0.3) is 0 Å². The molecule has 0 saturated carbocycles. The van der Waals surface area contributed by atoms with Gasteiger partial charge in [0, 0.05) is 11.9 Å². The molecule has 17 heavy (non-hydrogen) atoms. The monoisotopic (exact) mass is 265 g/mol. The van der Waals surface area contributed by atoms with Crippen molar-refractivity contribution in [3.8, 4) is 10.7 Å². The number of nitrogens with zero attached hydrogens (tertiary/aromatic N) is 2. The maximum atomic E-state index is 5.13. The molecule has 2 aromatic rings. The van der Waals surface area contributed by atoms with Gasteiger partial charge in [0.2, 0.25) is 4.77 Å². The maximum Gasteiger partial charge on any atom is 0.216 e. The zero-order valence-electron chi connectivity index (χ0n) is 9.82. The Labute approximate surface area is 109 Å². The number of hydrogen-bond donors (Lipinski definition) is 1. The van der Waals surface area contributed by atoms with Crippen molar-refractivity contribution in [2.75, 3.05) is 0 Å². The summed E-state index contributed by atoms with van der Waals surface area (Å²) < 4.78 is 2.40. The Kier molecular flexibility index (Phi) is 2.88. The third-order valence-corrected chi connectivity index (χ3v) is 4.86. The second kappa shape index (κ2) is 4.38. The molecule has 0 amide bonds. The first-order valence-electron chi connectivity index (χ1n) is 5.99. The van der Waals surface area contributed by atoms with Crippen molar-refractivity contribution in [2.45, 2.75) is 32.1 Å². The van der Waals surface area contributed by atoms with Crippen molar-refractivity contribution in [2.24, 2.45) is 7.05 Å². The number of fused-ring (bicyclic) bond motifs is 1. The number of aromatic amines is 1. The summed E-state index contributed by atoms with van der Waals surface area (Å²) in [6, 6.07) is 2.29. The van der Waals surface area contributed by atoms with E-state index in [-0.39, 0.29) is 0 Å². The average molecular weight is 265 g/mol. The Bertz CT molecular complexity index is 568. The van der Waals surface area contributed by atoms with Crippen LogP contribution in [0.25, 0.3) is 10.7 Å². The van der Waals surface area contributed by atoms with E-state index in [0.29, 0.717) is 4.77 Å². The smallest absolute Gasteiger partial charge is 0.216 e. The lowest BCUT2D eigenvalue weighted by molar-refractivity contribution is 0.712. The van der Waals surface area contributed by atoms with Crippen LogP contribution in [0.3, 0.4) is 0 Å². The predicted octanol–water partition coefficient (Wildman–Crippen LogP) is 3.48. The van der Waals surface area contributed by atoms with Gasteiger partial charge in [0.05, 0.1) is 4.88 Å². The molecule has 0 spiro atoms. The standard InChI is InChI=1S/C12H15N3S2/c1-15-12(16)13-11(14-15)10-7-8-5-3-2-4-6-9(8)17-10/h7H,2-6H2,1H3,(H,13,14,16). The Morgan fingerprint density at radius 2 is 2.18 bits per heavy atom. The fourth-order valence-electron chi connectivity index (χ4n) is 2.30. The fourth-order valence-corrected chi connectivity index (χ4v) is 3.63. The number of hydrogen-bond acceptors (Lipinski definition) is 3. The molecular formula is C12H15N3S2. The molecule has 0 atom stereocenters. The van der Waals surface area contributed by atoms with Crippen molar-refractivity contribution >= 4 is 23.6 Å². The maximum absolute atomic E-state index is 5.13. The summed E-state index contributed by atoms with van der Waals surface area (Å²) in [5, 5.41) is 3.20. The van der Waals surface area contributed by atoms with Crippen LogP contribution in [0.5, 0.6) is 0 Å². The Morgan fingerprint density at radius 3 is 2.94 bits per heavy atom. The molecule has 5 heteroatoms. The Balaban J connectivity index is 2.02. The highest BCUT2D eigenvalue weighted by Crippen LogP contribution is 2.33. The van der Waals surface area contributed by atoms with E-state index in [1.165, 1.54) is 42.5 Å². The van der Waals surface area contributed by atoms with Crippen molar-refractivity contribution < 1.29 is 0 Å². The average Bonchev–Trinajstić information content (AvgIpc) is 2.78. The summed E-state index contributed by atoms with van der Waals surface area (Å²) in [4.78, 5) is 7.15. The number of aryl methyl sites for hydroxylation is 3. The molecule has 0 radical (unpaired) electrons. The van der Waals surface area contributed by atoms with Crippen LogP contribution >= 0.6 is 23.6 Å². The van der Waals surface area contributed by atoms with E-state index in [9.17, 15) is 0 Å². The lowest BCUT2D eigenvalue weighted by Gasteiger charge is -1.92. The molecule has 1 aliphatic carbocycles. The first-order chi connectivity index (χ1) is 8.24. The topological polar surface area (TPSA) is 33.6 Å². The highest BCUT2D eigenvalue weighted by Gasteiger charge is 2.14. The van der Waals surface area contributed by atoms with Gasteiger partial charge < -0.3 is 0 Å². The van der Waals surface area contributed by atoms with Gasteiger partial charge in [0.15, 0.2) is 5.82 Å². The minimum Gasteiger partial charge on any atom is -0.279 e. The third-order valence-electron chi connectivity index (χ3n) is 3.25. The van der Waals surface area contributed by atoms with E-state index in [1.807, 2.05) is 18.4 Å². The van der Waals surface area contributed by atoms with E-state index >= 15 is 0 Å². The molecule has 0 unspecified atom stereocenters. The molecule has 2 heterocycles. The summed E-state index contributed by atoms with van der Waals surface area (Å²) in [5.74, 6) is 0.913. The van der Waals surface area contributed by atoms with Crippen LogP contribution < -0.4 is 0 Å². The number of rotatable bonds is 1. The van der Waals surface area contributed by atoms with Crippen LogP contribution in [-0.4, -0.2) is 14.8 Å². The fraction of sp³-hybridized carbons (Fsp3) is 0.500. The van der Waals surface area contributed by atoms with Crippen molar-refractivity contribution in [3.05, 3.63) is 21.3 Å². The molecule has 3 nitrogen and oxygen atoms in total. The van der Waals surface area contributed by atoms with E-state index in [2.05, 4.69) is 16.1 Å². The zero-order valence-corrected chi connectivity index (χ0v) is 11.5. The number of thiophene rings is 1. The predicted molar refractivity (Wildman–Crippen MR) is 73.0 cm³/mol. The summed E-state index contributed by atoms with van der Waals surface area (Å²) in [5.41, 5.74) is 1.52. The van der Waals surface area contributed by atoms with Crippen molar-refractivity contribution in [3.63, 3.8) is 0 Å². The SMILES string of the molecule is Cn1[nH]c(-c2cc3c(s2)CCCCC3)nc1=S. The van der Waals surface area contributed by atoms with Gasteiger partial charge in [0.1, 0.15) is 0 Å². The number of H-pyrrole nitrogens is 1. The van der Waals surface area contributed by atoms with Crippen LogP contribution in [0, 0.1) is 4.77 Å². The molecule has 0 fully saturated rings. The molecule has 2 aromatic heterocycles. The summed E-state index contributed by atoms with van der Waals surface area (Å²) in [6.45, 7) is 0. The quantitative estimate of drug-likeness (QED) is 0.632. The van der Waals surface area contributed by atoms with Gasteiger partial charge in [-0.1, -0.05) is 6.42 Å². The molecule has 0 saturated heterocycles. The molecule has 0 bridgehead atoms. The van der Waals surface area contributed by atoms with Crippen LogP contribution in [0.15, 0.2) is 6.07 Å². The molecule has 3 rings (SSSR count). The van der Waals surface area contributed by atoms with Crippen molar-refractivity contribution in [1.29, 1.82) is 0 Å².